The monoisotopic (exact) mass is 282 g/mol. The third-order valence-corrected chi connectivity index (χ3v) is 3.39. The SMILES string of the molecule is CC(=O)OC1(C)Oc2ccc(-c3ccccc3)cc2C1=O. The smallest absolute Gasteiger partial charge is 0.315 e. The van der Waals surface area contributed by atoms with Crippen LogP contribution in [0.25, 0.3) is 11.1 Å². The van der Waals surface area contributed by atoms with Crippen molar-refractivity contribution in [3.8, 4) is 16.9 Å². The van der Waals surface area contributed by atoms with Crippen molar-refractivity contribution < 1.29 is 19.1 Å². The Kier molecular flexibility index (Phi) is 3.01. The summed E-state index contributed by atoms with van der Waals surface area (Å²) in [5.74, 6) is -2.03. The lowest BCUT2D eigenvalue weighted by Crippen LogP contribution is -2.41. The fourth-order valence-corrected chi connectivity index (χ4v) is 2.45. The highest BCUT2D eigenvalue weighted by molar-refractivity contribution is 6.07. The van der Waals surface area contributed by atoms with Crippen LogP contribution in [-0.4, -0.2) is 17.5 Å². The Morgan fingerprint density at radius 3 is 2.48 bits per heavy atom. The first-order valence-corrected chi connectivity index (χ1v) is 6.62. The van der Waals surface area contributed by atoms with Gasteiger partial charge < -0.3 is 9.47 Å². The lowest BCUT2D eigenvalue weighted by atomic mass is 10.00. The number of hydrogen-bond donors (Lipinski definition) is 0. The quantitative estimate of drug-likeness (QED) is 0.794. The van der Waals surface area contributed by atoms with Gasteiger partial charge in [-0.15, -0.1) is 0 Å². The first kappa shape index (κ1) is 13.4. The molecule has 0 saturated carbocycles. The van der Waals surface area contributed by atoms with Crippen molar-refractivity contribution in [3.63, 3.8) is 0 Å². The van der Waals surface area contributed by atoms with Crippen molar-refractivity contribution in [3.05, 3.63) is 54.1 Å². The van der Waals surface area contributed by atoms with Gasteiger partial charge >= 0.3 is 11.8 Å². The Morgan fingerprint density at radius 1 is 1.10 bits per heavy atom. The van der Waals surface area contributed by atoms with E-state index in [1.54, 1.807) is 12.1 Å². The maximum Gasteiger partial charge on any atom is 0.315 e. The Hall–Kier alpha value is -2.62. The van der Waals surface area contributed by atoms with Crippen molar-refractivity contribution in [2.75, 3.05) is 0 Å². The lowest BCUT2D eigenvalue weighted by Gasteiger charge is -2.21. The predicted octanol–water partition coefficient (Wildman–Crippen LogP) is 3.21. The van der Waals surface area contributed by atoms with Crippen molar-refractivity contribution >= 4 is 11.8 Å². The fraction of sp³-hybridized carbons (Fsp3) is 0.176. The lowest BCUT2D eigenvalue weighted by molar-refractivity contribution is -0.172. The Labute approximate surface area is 122 Å². The molecule has 0 saturated heterocycles. The van der Waals surface area contributed by atoms with Gasteiger partial charge in [0, 0.05) is 13.8 Å². The number of carbonyl (C=O) groups is 2. The Bertz CT molecular complexity index is 721. The molecule has 3 rings (SSSR count). The topological polar surface area (TPSA) is 52.6 Å². The van der Waals surface area contributed by atoms with Gasteiger partial charge in [0.2, 0.25) is 5.78 Å². The van der Waals surface area contributed by atoms with Gasteiger partial charge in [-0.25, -0.2) is 0 Å². The van der Waals surface area contributed by atoms with Gasteiger partial charge in [0.15, 0.2) is 0 Å². The molecule has 4 nitrogen and oxygen atoms in total. The number of ether oxygens (including phenoxy) is 2. The summed E-state index contributed by atoms with van der Waals surface area (Å²) in [6, 6.07) is 15.1. The number of ketones is 1. The minimum Gasteiger partial charge on any atom is -0.445 e. The molecule has 1 heterocycles. The first-order chi connectivity index (χ1) is 9.99. The highest BCUT2D eigenvalue weighted by Gasteiger charge is 2.47. The van der Waals surface area contributed by atoms with Crippen molar-refractivity contribution in [2.45, 2.75) is 19.6 Å². The molecule has 106 valence electrons. The zero-order valence-electron chi connectivity index (χ0n) is 11.8. The molecule has 0 fully saturated rings. The van der Waals surface area contributed by atoms with Crippen LogP contribution in [0.2, 0.25) is 0 Å². The number of rotatable bonds is 2. The van der Waals surface area contributed by atoms with E-state index in [9.17, 15) is 9.59 Å². The van der Waals surface area contributed by atoms with Crippen molar-refractivity contribution in [1.29, 1.82) is 0 Å². The Balaban J connectivity index is 2.00. The molecule has 0 aliphatic carbocycles. The highest BCUT2D eigenvalue weighted by atomic mass is 16.7. The highest BCUT2D eigenvalue weighted by Crippen LogP contribution is 2.38. The summed E-state index contributed by atoms with van der Waals surface area (Å²) in [6.45, 7) is 2.71. The molecule has 0 radical (unpaired) electrons. The number of Topliss-reactive ketones (excluding diaryl/α,β-unsaturated/α-hetero) is 1. The second-order valence-electron chi connectivity index (χ2n) is 5.05. The van der Waals surface area contributed by atoms with Crippen LogP contribution in [-0.2, 0) is 9.53 Å². The van der Waals surface area contributed by atoms with E-state index in [1.807, 2.05) is 36.4 Å². The number of benzene rings is 2. The maximum absolute atomic E-state index is 12.4. The van der Waals surface area contributed by atoms with Crippen LogP contribution in [0.4, 0.5) is 0 Å². The molecule has 0 spiro atoms. The average molecular weight is 282 g/mol. The average Bonchev–Trinajstić information content (AvgIpc) is 2.70. The number of hydrogen-bond acceptors (Lipinski definition) is 4. The number of fused-ring (bicyclic) bond motifs is 1. The molecule has 0 bridgehead atoms. The summed E-state index contributed by atoms with van der Waals surface area (Å²) in [4.78, 5) is 23.6. The zero-order valence-corrected chi connectivity index (χ0v) is 11.8. The molecule has 1 unspecified atom stereocenters. The van der Waals surface area contributed by atoms with E-state index in [0.717, 1.165) is 11.1 Å². The molecule has 0 amide bonds. The number of esters is 1. The molecule has 2 aromatic carbocycles. The van der Waals surface area contributed by atoms with Gasteiger partial charge in [-0.2, -0.15) is 0 Å². The van der Waals surface area contributed by atoms with E-state index in [0.29, 0.717) is 11.3 Å². The van der Waals surface area contributed by atoms with E-state index in [2.05, 4.69) is 0 Å². The summed E-state index contributed by atoms with van der Waals surface area (Å²) in [6.07, 6.45) is 0. The van der Waals surface area contributed by atoms with E-state index < -0.39 is 11.8 Å². The number of carbonyl (C=O) groups excluding carboxylic acids is 2. The normalized spacial score (nSPS) is 19.8. The van der Waals surface area contributed by atoms with Crippen LogP contribution in [0.1, 0.15) is 24.2 Å². The summed E-state index contributed by atoms with van der Waals surface area (Å²) in [7, 11) is 0. The van der Waals surface area contributed by atoms with Crippen LogP contribution >= 0.6 is 0 Å². The summed E-state index contributed by atoms with van der Waals surface area (Å²) >= 11 is 0. The predicted molar refractivity (Wildman–Crippen MR) is 77.0 cm³/mol. The van der Waals surface area contributed by atoms with E-state index >= 15 is 0 Å². The van der Waals surface area contributed by atoms with Crippen LogP contribution in [0, 0.1) is 0 Å². The molecule has 2 aromatic rings. The molecule has 4 heteroatoms. The molecule has 1 atom stereocenters. The van der Waals surface area contributed by atoms with Crippen LogP contribution in [0.15, 0.2) is 48.5 Å². The largest absolute Gasteiger partial charge is 0.445 e. The minimum atomic E-state index is -1.57. The summed E-state index contributed by atoms with van der Waals surface area (Å²) in [5, 5.41) is 0. The first-order valence-electron chi connectivity index (χ1n) is 6.62. The van der Waals surface area contributed by atoms with Gasteiger partial charge in [-0.1, -0.05) is 36.4 Å². The van der Waals surface area contributed by atoms with E-state index in [1.165, 1.54) is 13.8 Å². The zero-order chi connectivity index (χ0) is 15.0. The van der Waals surface area contributed by atoms with Crippen LogP contribution in [0.5, 0.6) is 5.75 Å². The van der Waals surface area contributed by atoms with Gasteiger partial charge in [0.05, 0.1) is 5.56 Å². The van der Waals surface area contributed by atoms with Crippen LogP contribution in [0.3, 0.4) is 0 Å². The van der Waals surface area contributed by atoms with Gasteiger partial charge in [-0.05, 0) is 23.3 Å². The molecule has 1 aliphatic heterocycles. The minimum absolute atomic E-state index is 0.342. The van der Waals surface area contributed by atoms with Gasteiger partial charge in [0.25, 0.3) is 0 Å². The molecular weight excluding hydrogens is 268 g/mol. The third kappa shape index (κ3) is 2.29. The van der Waals surface area contributed by atoms with Crippen molar-refractivity contribution in [1.82, 2.24) is 0 Å². The second-order valence-corrected chi connectivity index (χ2v) is 5.05. The molecular formula is C17H14O4. The van der Waals surface area contributed by atoms with E-state index in [-0.39, 0.29) is 5.78 Å². The molecule has 0 aromatic heterocycles. The standard InChI is InChI=1S/C17H14O4/c1-11(18)20-17(2)16(19)14-10-13(8-9-15(14)21-17)12-6-4-3-5-7-12/h3-10H,1-2H3. The third-order valence-electron chi connectivity index (χ3n) is 3.39. The van der Waals surface area contributed by atoms with Gasteiger partial charge in [0.1, 0.15) is 5.75 Å². The molecule has 21 heavy (non-hydrogen) atoms. The molecule has 1 aliphatic rings. The summed E-state index contributed by atoms with van der Waals surface area (Å²) in [5.41, 5.74) is 2.35. The maximum atomic E-state index is 12.4. The fourth-order valence-electron chi connectivity index (χ4n) is 2.45. The Morgan fingerprint density at radius 2 is 1.81 bits per heavy atom. The second kappa shape index (κ2) is 4.74. The molecule has 0 N–H and O–H groups in total. The summed E-state index contributed by atoms with van der Waals surface area (Å²) < 4.78 is 10.5. The van der Waals surface area contributed by atoms with E-state index in [4.69, 9.17) is 9.47 Å². The van der Waals surface area contributed by atoms with Crippen molar-refractivity contribution in [2.24, 2.45) is 0 Å². The van der Waals surface area contributed by atoms with Gasteiger partial charge in [-0.3, -0.25) is 9.59 Å². The van der Waals surface area contributed by atoms with Crippen LogP contribution < -0.4 is 4.74 Å².